The molecule has 0 atom stereocenters. The Labute approximate surface area is 78.0 Å². The molecule has 65 valence electrons. The zero-order chi connectivity index (χ0) is 9.19. The van der Waals surface area contributed by atoms with Crippen molar-refractivity contribution in [1.82, 2.24) is 0 Å². The molecule has 0 bridgehead atoms. The van der Waals surface area contributed by atoms with E-state index in [1.165, 1.54) is 0 Å². The highest BCUT2D eigenvalue weighted by molar-refractivity contribution is 6.30. The van der Waals surface area contributed by atoms with E-state index >= 15 is 0 Å². The van der Waals surface area contributed by atoms with Crippen LogP contribution in [-0.4, -0.2) is 6.61 Å². The monoisotopic (exact) mass is 183 g/mol. The third-order valence-electron chi connectivity index (χ3n) is 1.99. The van der Waals surface area contributed by atoms with Gasteiger partial charge < -0.3 is 0 Å². The van der Waals surface area contributed by atoms with Gasteiger partial charge in [-0.3, -0.25) is 0 Å². The molecule has 1 radical (unpaired) electrons. The molecule has 12 heavy (non-hydrogen) atoms. The number of hydrogen-bond acceptors (Lipinski definition) is 0. The molecule has 0 aliphatic carbocycles. The van der Waals surface area contributed by atoms with Crippen molar-refractivity contribution >= 4 is 11.6 Å². The summed E-state index contributed by atoms with van der Waals surface area (Å²) in [5.41, 5.74) is 0.756. The molecule has 0 fully saturated rings. The molecule has 0 saturated carbocycles. The summed E-state index contributed by atoms with van der Waals surface area (Å²) in [5.74, 6) is 0. The van der Waals surface area contributed by atoms with E-state index in [-0.39, 0.29) is 12.0 Å². The molecule has 0 amide bonds. The molecule has 1 rings (SSSR count). The predicted molar refractivity (Wildman–Crippen MR) is 50.0 cm³/mol. The molecule has 1 aromatic carbocycles. The van der Waals surface area contributed by atoms with Crippen molar-refractivity contribution in [2.45, 2.75) is 19.3 Å². The second-order valence-corrected chi connectivity index (χ2v) is 3.97. The van der Waals surface area contributed by atoms with Gasteiger partial charge in [0.05, 0.1) is 6.61 Å². The van der Waals surface area contributed by atoms with Crippen LogP contribution in [0.4, 0.5) is 0 Å². The summed E-state index contributed by atoms with van der Waals surface area (Å²) < 4.78 is 0. The summed E-state index contributed by atoms with van der Waals surface area (Å²) in [6.07, 6.45) is 0. The van der Waals surface area contributed by atoms with Crippen molar-refractivity contribution in [2.24, 2.45) is 0 Å². The van der Waals surface area contributed by atoms with Crippen LogP contribution >= 0.6 is 11.6 Å². The molecular formula is C10H12ClO. The van der Waals surface area contributed by atoms with Crippen molar-refractivity contribution in [3.63, 3.8) is 0 Å². The average molecular weight is 184 g/mol. The largest absolute Gasteiger partial charge is 0.236 e. The number of benzene rings is 1. The normalized spacial score (nSPS) is 11.7. The van der Waals surface area contributed by atoms with Gasteiger partial charge in [0.15, 0.2) is 0 Å². The maximum Gasteiger partial charge on any atom is 0.0913 e. The topological polar surface area (TPSA) is 19.9 Å². The molecule has 0 aliphatic rings. The molecular weight excluding hydrogens is 172 g/mol. The Morgan fingerprint density at radius 2 is 1.75 bits per heavy atom. The zero-order valence-corrected chi connectivity index (χ0v) is 8.06. The quantitative estimate of drug-likeness (QED) is 0.672. The van der Waals surface area contributed by atoms with Crippen LogP contribution in [0.2, 0.25) is 5.02 Å². The van der Waals surface area contributed by atoms with Gasteiger partial charge in [-0.15, -0.1) is 0 Å². The van der Waals surface area contributed by atoms with E-state index < -0.39 is 0 Å². The van der Waals surface area contributed by atoms with Crippen molar-refractivity contribution in [1.29, 1.82) is 0 Å². The predicted octanol–water partition coefficient (Wildman–Crippen LogP) is 3.05. The fourth-order valence-electron chi connectivity index (χ4n) is 0.984. The lowest BCUT2D eigenvalue weighted by molar-refractivity contribution is 0.137. The van der Waals surface area contributed by atoms with Crippen molar-refractivity contribution in [3.05, 3.63) is 34.9 Å². The lowest BCUT2D eigenvalue weighted by atomic mass is 9.86. The standard InChI is InChI=1S/C10H12ClO/c1-10(2,7-12)8-3-5-9(11)6-4-8/h3-6H,7H2,1-2H3. The summed E-state index contributed by atoms with van der Waals surface area (Å²) in [5, 5.41) is 11.5. The highest BCUT2D eigenvalue weighted by Gasteiger charge is 2.19. The van der Waals surface area contributed by atoms with Crippen LogP contribution in [0.15, 0.2) is 24.3 Å². The maximum atomic E-state index is 10.8. The molecule has 0 heterocycles. The highest BCUT2D eigenvalue weighted by Crippen LogP contribution is 2.23. The van der Waals surface area contributed by atoms with E-state index in [9.17, 15) is 5.11 Å². The van der Waals surface area contributed by atoms with E-state index in [1.807, 2.05) is 38.1 Å². The maximum absolute atomic E-state index is 10.8. The van der Waals surface area contributed by atoms with Crippen LogP contribution in [0.5, 0.6) is 0 Å². The van der Waals surface area contributed by atoms with Gasteiger partial charge in [0.2, 0.25) is 0 Å². The van der Waals surface area contributed by atoms with Crippen LogP contribution < -0.4 is 0 Å². The molecule has 2 heteroatoms. The first-order valence-corrected chi connectivity index (χ1v) is 4.28. The van der Waals surface area contributed by atoms with Gasteiger partial charge in [-0.2, -0.15) is 0 Å². The van der Waals surface area contributed by atoms with Crippen LogP contribution in [0.1, 0.15) is 19.4 Å². The van der Waals surface area contributed by atoms with E-state index in [0.29, 0.717) is 5.02 Å². The van der Waals surface area contributed by atoms with E-state index in [0.717, 1.165) is 5.56 Å². The van der Waals surface area contributed by atoms with Crippen LogP contribution in [0, 0.1) is 0 Å². The minimum absolute atomic E-state index is 0.103. The summed E-state index contributed by atoms with van der Waals surface area (Å²) in [7, 11) is 0. The zero-order valence-electron chi connectivity index (χ0n) is 7.30. The first-order chi connectivity index (χ1) is 5.56. The summed E-state index contributed by atoms with van der Waals surface area (Å²) in [4.78, 5) is 0. The van der Waals surface area contributed by atoms with Crippen molar-refractivity contribution in [3.8, 4) is 0 Å². The summed E-state index contributed by atoms with van der Waals surface area (Å²) in [6.45, 7) is 3.76. The Morgan fingerprint density at radius 1 is 1.25 bits per heavy atom. The van der Waals surface area contributed by atoms with Gasteiger partial charge >= 0.3 is 0 Å². The molecule has 0 spiro atoms. The Morgan fingerprint density at radius 3 is 2.17 bits per heavy atom. The van der Waals surface area contributed by atoms with Crippen LogP contribution in [0.3, 0.4) is 0 Å². The van der Waals surface area contributed by atoms with E-state index in [1.54, 1.807) is 0 Å². The summed E-state index contributed by atoms with van der Waals surface area (Å²) in [6, 6.07) is 7.43. The first-order valence-electron chi connectivity index (χ1n) is 3.90. The molecule has 0 saturated heterocycles. The first kappa shape index (κ1) is 9.56. The molecule has 1 aromatic rings. The molecule has 0 aromatic heterocycles. The minimum atomic E-state index is -0.287. The molecule has 0 unspecified atom stereocenters. The van der Waals surface area contributed by atoms with Gasteiger partial charge in [0, 0.05) is 10.4 Å². The fourth-order valence-corrected chi connectivity index (χ4v) is 1.11. The van der Waals surface area contributed by atoms with E-state index in [4.69, 9.17) is 11.6 Å². The number of halogens is 1. The molecule has 0 N–H and O–H groups in total. The van der Waals surface area contributed by atoms with Gasteiger partial charge in [-0.05, 0) is 17.7 Å². The third-order valence-corrected chi connectivity index (χ3v) is 2.24. The second-order valence-electron chi connectivity index (χ2n) is 3.54. The van der Waals surface area contributed by atoms with Crippen molar-refractivity contribution < 1.29 is 5.11 Å². The smallest absolute Gasteiger partial charge is 0.0913 e. The fraction of sp³-hybridized carbons (Fsp3) is 0.400. The Bertz CT molecular complexity index is 251. The number of rotatable bonds is 2. The van der Waals surface area contributed by atoms with Gasteiger partial charge in [0.25, 0.3) is 0 Å². The lowest BCUT2D eigenvalue weighted by Gasteiger charge is -2.20. The summed E-state index contributed by atoms with van der Waals surface area (Å²) >= 11 is 5.73. The Hall–Kier alpha value is -0.530. The van der Waals surface area contributed by atoms with E-state index in [2.05, 4.69) is 0 Å². The SMILES string of the molecule is CC(C)(C[O])c1ccc(Cl)cc1. The van der Waals surface area contributed by atoms with Crippen molar-refractivity contribution in [2.75, 3.05) is 6.61 Å². The lowest BCUT2D eigenvalue weighted by Crippen LogP contribution is -2.20. The second kappa shape index (κ2) is 3.46. The Kier molecular flexibility index (Phi) is 2.76. The Balaban J connectivity index is 2.96. The van der Waals surface area contributed by atoms with Crippen LogP contribution in [-0.2, 0) is 10.5 Å². The minimum Gasteiger partial charge on any atom is -0.236 e. The van der Waals surface area contributed by atoms with Gasteiger partial charge in [-0.1, -0.05) is 37.6 Å². The molecule has 1 nitrogen and oxygen atoms in total. The van der Waals surface area contributed by atoms with Gasteiger partial charge in [0.1, 0.15) is 0 Å². The third kappa shape index (κ3) is 1.99. The average Bonchev–Trinajstić information content (AvgIpc) is 2.05. The van der Waals surface area contributed by atoms with Crippen LogP contribution in [0.25, 0.3) is 0 Å². The van der Waals surface area contributed by atoms with Gasteiger partial charge in [-0.25, -0.2) is 5.11 Å². The molecule has 0 aliphatic heterocycles. The number of hydrogen-bond donors (Lipinski definition) is 0. The highest BCUT2D eigenvalue weighted by atomic mass is 35.5.